The van der Waals surface area contributed by atoms with Gasteiger partial charge >= 0.3 is 0 Å². The van der Waals surface area contributed by atoms with Gasteiger partial charge in [-0.05, 0) is 12.1 Å². The molecule has 0 amide bonds. The second-order valence-electron chi connectivity index (χ2n) is 4.88. The van der Waals surface area contributed by atoms with Crippen LogP contribution < -0.4 is 10.2 Å². The number of morpholine rings is 1. The van der Waals surface area contributed by atoms with E-state index in [9.17, 15) is 0 Å². The Morgan fingerprint density at radius 3 is 2.89 bits per heavy atom. The second kappa shape index (κ2) is 7.89. The van der Waals surface area contributed by atoms with E-state index in [1.165, 1.54) is 42.6 Å². The Bertz CT molecular complexity index is 353. The van der Waals surface area contributed by atoms with Crippen LogP contribution in [0.3, 0.4) is 0 Å². The Morgan fingerprint density at radius 2 is 2.11 bits per heavy atom. The van der Waals surface area contributed by atoms with Crippen molar-refractivity contribution in [1.82, 2.24) is 0 Å². The van der Waals surface area contributed by atoms with E-state index in [1.807, 2.05) is 0 Å². The van der Waals surface area contributed by atoms with Crippen LogP contribution in [0.1, 0.15) is 12.0 Å². The maximum absolute atomic E-state index is 5.36. The Morgan fingerprint density at radius 1 is 1.28 bits per heavy atom. The molecule has 1 aromatic rings. The molecular weight excluding hydrogens is 292 g/mol. The van der Waals surface area contributed by atoms with Gasteiger partial charge in [0.25, 0.3) is 0 Å². The third kappa shape index (κ3) is 5.06. The largest absolute Gasteiger partial charge is 0.370 e. The summed E-state index contributed by atoms with van der Waals surface area (Å²) in [6, 6.07) is 8.56. The highest BCUT2D eigenvalue weighted by Crippen LogP contribution is 2.10. The second-order valence-corrected chi connectivity index (χ2v) is 5.79. The van der Waals surface area contributed by atoms with Gasteiger partial charge in [-0.3, -0.25) is 0 Å². The molecule has 2 rings (SSSR count). The van der Waals surface area contributed by atoms with Gasteiger partial charge < -0.3 is 15.0 Å². The normalized spacial score (nSPS) is 16.9. The van der Waals surface area contributed by atoms with Crippen molar-refractivity contribution in [2.75, 3.05) is 39.4 Å². The van der Waals surface area contributed by atoms with Crippen LogP contribution in [0, 0.1) is 0 Å². The third-order valence-corrected chi connectivity index (χ3v) is 3.90. The van der Waals surface area contributed by atoms with Gasteiger partial charge in [0.2, 0.25) is 0 Å². The van der Waals surface area contributed by atoms with Crippen molar-refractivity contribution in [2.24, 2.45) is 0 Å². The molecule has 100 valence electrons. The van der Waals surface area contributed by atoms with Gasteiger partial charge in [-0.2, -0.15) is 0 Å². The summed E-state index contributed by atoms with van der Waals surface area (Å²) < 4.78 is 6.54. The van der Waals surface area contributed by atoms with E-state index in [1.54, 1.807) is 4.90 Å². The van der Waals surface area contributed by atoms with Gasteiger partial charge in [0.05, 0.1) is 26.3 Å². The molecule has 0 aromatic heterocycles. The highest BCUT2D eigenvalue weighted by molar-refractivity contribution is 9.10. The summed E-state index contributed by atoms with van der Waals surface area (Å²) in [5, 5.41) is 2.40. The van der Waals surface area contributed by atoms with Gasteiger partial charge in [0, 0.05) is 16.5 Å². The van der Waals surface area contributed by atoms with Crippen molar-refractivity contribution < 1.29 is 15.0 Å². The van der Waals surface area contributed by atoms with Gasteiger partial charge in [-0.15, -0.1) is 0 Å². The molecule has 0 unspecified atom stereocenters. The lowest BCUT2D eigenvalue weighted by atomic mass is 10.2. The predicted molar refractivity (Wildman–Crippen MR) is 75.6 cm³/mol. The van der Waals surface area contributed by atoms with Crippen LogP contribution in [0.15, 0.2) is 28.7 Å². The molecule has 0 bridgehead atoms. The summed E-state index contributed by atoms with van der Waals surface area (Å²) in [6.07, 6.45) is 1.29. The van der Waals surface area contributed by atoms with Gasteiger partial charge in [-0.25, -0.2) is 0 Å². The molecule has 4 heteroatoms. The molecule has 0 saturated carbocycles. The number of rotatable bonds is 6. The predicted octanol–water partition coefficient (Wildman–Crippen LogP) is -0.182. The molecule has 0 atom stereocenters. The highest BCUT2D eigenvalue weighted by Gasteiger charge is 2.12. The zero-order chi connectivity index (χ0) is 12.6. The number of ether oxygens (including phenoxy) is 1. The van der Waals surface area contributed by atoms with E-state index in [-0.39, 0.29) is 0 Å². The molecule has 1 fully saturated rings. The van der Waals surface area contributed by atoms with Crippen LogP contribution in [0.5, 0.6) is 0 Å². The summed E-state index contributed by atoms with van der Waals surface area (Å²) in [7, 11) is 0. The minimum atomic E-state index is 0.942. The fourth-order valence-electron chi connectivity index (χ4n) is 2.34. The van der Waals surface area contributed by atoms with E-state index < -0.39 is 0 Å². The van der Waals surface area contributed by atoms with Crippen LogP contribution >= 0.6 is 15.9 Å². The average molecular weight is 315 g/mol. The molecule has 1 heterocycles. The molecule has 1 aliphatic heterocycles. The molecule has 0 spiro atoms. The van der Waals surface area contributed by atoms with Crippen molar-refractivity contribution in [2.45, 2.75) is 13.0 Å². The van der Waals surface area contributed by atoms with Gasteiger partial charge in [0.15, 0.2) is 0 Å². The molecule has 3 N–H and O–H groups in total. The molecule has 18 heavy (non-hydrogen) atoms. The van der Waals surface area contributed by atoms with Crippen molar-refractivity contribution >= 4 is 15.9 Å². The maximum atomic E-state index is 5.36. The summed E-state index contributed by atoms with van der Waals surface area (Å²) in [5.41, 5.74) is 1.39. The first-order valence-electron chi connectivity index (χ1n) is 6.82. The van der Waals surface area contributed by atoms with Crippen LogP contribution in [0.4, 0.5) is 0 Å². The Labute approximate surface area is 118 Å². The quantitative estimate of drug-likeness (QED) is 0.701. The molecular formula is C14H23BrN2O+2. The van der Waals surface area contributed by atoms with Crippen LogP contribution in [-0.2, 0) is 11.3 Å². The molecule has 1 saturated heterocycles. The van der Waals surface area contributed by atoms with Gasteiger partial charge in [-0.1, -0.05) is 28.1 Å². The highest BCUT2D eigenvalue weighted by atomic mass is 79.9. The number of nitrogens with one attached hydrogen (secondary N) is 1. The SMILES string of the molecule is Brc1cccc(C[NH2+]CCC[NH+]2CCOCC2)c1. The smallest absolute Gasteiger partial charge is 0.101 e. The van der Waals surface area contributed by atoms with E-state index >= 15 is 0 Å². The van der Waals surface area contributed by atoms with Crippen molar-refractivity contribution in [3.05, 3.63) is 34.3 Å². The summed E-state index contributed by atoms with van der Waals surface area (Å²) in [5.74, 6) is 0. The van der Waals surface area contributed by atoms with Crippen molar-refractivity contribution in [3.8, 4) is 0 Å². The standard InChI is InChI=1S/C14H21BrN2O/c15-14-4-1-3-13(11-14)12-16-5-2-6-17-7-9-18-10-8-17/h1,3-4,11,16H,2,5-10,12H2/p+2. The molecule has 0 radical (unpaired) electrons. The van der Waals surface area contributed by atoms with E-state index in [2.05, 4.69) is 45.5 Å². The van der Waals surface area contributed by atoms with Crippen molar-refractivity contribution in [1.29, 1.82) is 0 Å². The number of quaternary nitrogens is 2. The van der Waals surface area contributed by atoms with Crippen LogP contribution in [0.2, 0.25) is 0 Å². The fourth-order valence-corrected chi connectivity index (χ4v) is 2.79. The summed E-state index contributed by atoms with van der Waals surface area (Å²) in [4.78, 5) is 1.71. The first kappa shape index (κ1) is 14.0. The Hall–Kier alpha value is -0.420. The zero-order valence-electron chi connectivity index (χ0n) is 10.8. The Kier molecular flexibility index (Phi) is 6.14. The number of hydrogen-bond donors (Lipinski definition) is 2. The van der Waals surface area contributed by atoms with Crippen LogP contribution in [0.25, 0.3) is 0 Å². The number of nitrogens with two attached hydrogens (primary N) is 1. The zero-order valence-corrected chi connectivity index (χ0v) is 12.4. The minimum absolute atomic E-state index is 0.942. The van der Waals surface area contributed by atoms with Crippen molar-refractivity contribution in [3.63, 3.8) is 0 Å². The Balaban J connectivity index is 1.55. The number of hydrogen-bond acceptors (Lipinski definition) is 1. The van der Waals surface area contributed by atoms with E-state index in [4.69, 9.17) is 4.74 Å². The molecule has 3 nitrogen and oxygen atoms in total. The first-order valence-corrected chi connectivity index (χ1v) is 7.61. The van der Waals surface area contributed by atoms with Crippen LogP contribution in [-0.4, -0.2) is 39.4 Å². The van der Waals surface area contributed by atoms with E-state index in [0.717, 1.165) is 19.8 Å². The monoisotopic (exact) mass is 314 g/mol. The molecule has 1 aromatic carbocycles. The summed E-state index contributed by atoms with van der Waals surface area (Å²) >= 11 is 3.51. The molecule has 1 aliphatic rings. The maximum Gasteiger partial charge on any atom is 0.101 e. The fraction of sp³-hybridized carbons (Fsp3) is 0.571. The lowest BCUT2D eigenvalue weighted by molar-refractivity contribution is -0.909. The number of halogens is 1. The topological polar surface area (TPSA) is 30.3 Å². The lowest BCUT2D eigenvalue weighted by Gasteiger charge is -2.23. The first-order chi connectivity index (χ1) is 8.84. The van der Waals surface area contributed by atoms with E-state index in [0.29, 0.717) is 0 Å². The average Bonchev–Trinajstić information content (AvgIpc) is 2.40. The van der Waals surface area contributed by atoms with Gasteiger partial charge in [0.1, 0.15) is 19.6 Å². The third-order valence-electron chi connectivity index (χ3n) is 3.41. The minimum Gasteiger partial charge on any atom is -0.370 e. The molecule has 0 aliphatic carbocycles. The lowest BCUT2D eigenvalue weighted by Crippen LogP contribution is -3.14. The number of benzene rings is 1. The summed E-state index contributed by atoms with van der Waals surface area (Å²) in [6.45, 7) is 7.85.